The van der Waals surface area contributed by atoms with Crippen LogP contribution in [0.2, 0.25) is 5.02 Å². The lowest BCUT2D eigenvalue weighted by Crippen LogP contribution is -2.31. The number of aromatic nitrogens is 6. The lowest BCUT2D eigenvalue weighted by molar-refractivity contribution is 0.0784. The van der Waals surface area contributed by atoms with E-state index in [9.17, 15) is 26.4 Å². The summed E-state index contributed by atoms with van der Waals surface area (Å²) >= 11 is 6.56. The van der Waals surface area contributed by atoms with E-state index in [-0.39, 0.29) is 44.4 Å². The number of likely N-dealkylation sites (tertiary alicyclic amines) is 2. The summed E-state index contributed by atoms with van der Waals surface area (Å²) in [5, 5.41) is 8.23. The summed E-state index contributed by atoms with van der Waals surface area (Å²) < 4.78 is 56.7. The molecule has 0 bridgehead atoms. The minimum atomic E-state index is -3.90. The average Bonchev–Trinajstić information content (AvgIpc) is 4.17. The molecule has 0 saturated carbocycles. The van der Waals surface area contributed by atoms with E-state index < -0.39 is 20.0 Å². The van der Waals surface area contributed by atoms with Gasteiger partial charge in [-0.15, -0.1) is 0 Å². The number of hydrogen-bond donors (Lipinski definition) is 4. The maximum Gasteiger partial charge on any atom is 0.268 e. The second-order valence-electron chi connectivity index (χ2n) is 19.3. The van der Waals surface area contributed by atoms with Crippen LogP contribution in [0.4, 0.5) is 29.0 Å². The second kappa shape index (κ2) is 22.3. The molecule has 2 fully saturated rings. The van der Waals surface area contributed by atoms with Gasteiger partial charge >= 0.3 is 0 Å². The molecule has 81 heavy (non-hydrogen) atoms. The predicted molar refractivity (Wildman–Crippen MR) is 313 cm³/mol. The van der Waals surface area contributed by atoms with Crippen LogP contribution >= 0.6 is 11.6 Å². The van der Waals surface area contributed by atoms with Crippen molar-refractivity contribution in [2.45, 2.75) is 34.7 Å². The minimum absolute atomic E-state index is 0.0607. The van der Waals surface area contributed by atoms with Gasteiger partial charge in [0.1, 0.15) is 0 Å². The number of carbonyl (C=O) groups is 2. The number of halogens is 1. The van der Waals surface area contributed by atoms with Gasteiger partial charge in [0.2, 0.25) is 17.6 Å². The van der Waals surface area contributed by atoms with Crippen LogP contribution in [-0.2, 0) is 20.0 Å². The van der Waals surface area contributed by atoms with Crippen molar-refractivity contribution in [3.8, 4) is 22.5 Å². The zero-order valence-electron chi connectivity index (χ0n) is 43.0. The second-order valence-corrected chi connectivity index (χ2v) is 23.3. The maximum atomic E-state index is 13.6. The van der Waals surface area contributed by atoms with Crippen molar-refractivity contribution in [2.75, 3.05) is 48.3 Å². The van der Waals surface area contributed by atoms with E-state index >= 15 is 0 Å². The molecule has 2 amide bonds. The third-order valence-electron chi connectivity index (χ3n) is 14.0. The summed E-state index contributed by atoms with van der Waals surface area (Å²) in [6, 6.07) is 44.3. The molecule has 2 saturated heterocycles. The third-order valence-corrected chi connectivity index (χ3v) is 17.7. The van der Waals surface area contributed by atoms with Crippen LogP contribution in [0.3, 0.4) is 0 Å². The van der Waals surface area contributed by atoms with Gasteiger partial charge in [0.15, 0.2) is 0 Å². The van der Waals surface area contributed by atoms with E-state index in [0.29, 0.717) is 111 Å². The molecule has 6 aromatic carbocycles. The van der Waals surface area contributed by atoms with Gasteiger partial charge in [-0.1, -0.05) is 84.4 Å². The Kier molecular flexibility index (Phi) is 14.7. The van der Waals surface area contributed by atoms with E-state index in [1.54, 1.807) is 149 Å². The standard InChI is InChI=1S/C30H25N7O3S.C29H25ClN6O3S/c1-32-26-17-33-30(34-22-15-16-36(18-22)29(38)20-11-13-21(31)14-12-20)35-28(26)25-19-37(27-10-6-5-9-24(25)27)41(39,40)23-7-3-2-4-8-23;30-25-16-32-29(33-21-14-15-35(17-21)28(37)19-10-12-20(31)13-11-19)34-27(25)24-18-36(26-9-5-4-8-23(24)26)40(38,39)22-6-2-1-3-7-22/h2-14,17,19,22H,15-16,18,31H2,(H,33,34,35);1-13,16,18,21H,14-15,17,31H2,(H,32,33,34)/t22-;21-/m11/s1. The number of hydrogen-bond acceptors (Lipinski definition) is 14. The molecule has 12 rings (SSSR count). The number of nitrogens with zero attached hydrogens (tertiary/aromatic N) is 9. The SMILES string of the molecule is Nc1ccc(C(=O)N2CC[C@@H](Nc3ncc(Cl)c(-c4cn(S(=O)(=O)c5ccccc5)c5ccccc45)n3)C2)cc1.[C-]#[N+]c1cnc(N[C@@H]2CCN(C(=O)c3ccc(N)cc3)C2)nc1-c1cn(S(=O)(=O)c2ccccc2)c2ccccc12. The molecular formula is C59H50ClN13O6S2. The van der Waals surface area contributed by atoms with Gasteiger partial charge in [0, 0.05) is 101 Å². The van der Waals surface area contributed by atoms with E-state index in [2.05, 4.69) is 35.4 Å². The third kappa shape index (κ3) is 10.8. The van der Waals surface area contributed by atoms with Crippen molar-refractivity contribution < 1.29 is 26.4 Å². The summed E-state index contributed by atoms with van der Waals surface area (Å²) in [6.07, 6.45) is 7.40. The first-order chi connectivity index (χ1) is 39.2. The fourth-order valence-electron chi connectivity index (χ4n) is 9.94. The first-order valence-electron chi connectivity index (χ1n) is 25.6. The summed E-state index contributed by atoms with van der Waals surface area (Å²) in [5.74, 6) is 0.497. The van der Waals surface area contributed by atoms with Crippen LogP contribution in [0.1, 0.15) is 33.6 Å². The number of amides is 2. The van der Waals surface area contributed by atoms with E-state index in [1.807, 2.05) is 24.3 Å². The largest absolute Gasteiger partial charge is 0.399 e. The van der Waals surface area contributed by atoms with Crippen molar-refractivity contribution in [3.05, 3.63) is 210 Å². The lowest BCUT2D eigenvalue weighted by Gasteiger charge is -2.17. The summed E-state index contributed by atoms with van der Waals surface area (Å²) in [6.45, 7) is 9.82. The van der Waals surface area contributed by atoms with Gasteiger partial charge in [-0.05, 0) is 97.8 Å². The smallest absolute Gasteiger partial charge is 0.268 e. The number of rotatable bonds is 12. The highest BCUT2D eigenvalue weighted by Crippen LogP contribution is 2.39. The highest BCUT2D eigenvalue weighted by Gasteiger charge is 2.31. The van der Waals surface area contributed by atoms with Crippen LogP contribution in [0.5, 0.6) is 0 Å². The zero-order valence-corrected chi connectivity index (χ0v) is 45.4. The normalized spacial score (nSPS) is 15.3. The Morgan fingerprint density at radius 2 is 0.963 bits per heavy atom. The molecule has 19 nitrogen and oxygen atoms in total. The first-order valence-corrected chi connectivity index (χ1v) is 28.8. The van der Waals surface area contributed by atoms with Crippen molar-refractivity contribution in [2.24, 2.45) is 0 Å². The number of nitrogens with one attached hydrogen (secondary N) is 2. The Bertz CT molecular complexity index is 4290. The highest BCUT2D eigenvalue weighted by atomic mass is 35.5. The number of nitrogens with two attached hydrogens (primary N) is 2. The van der Waals surface area contributed by atoms with Gasteiger partial charge in [-0.25, -0.2) is 49.6 Å². The number of anilines is 4. The van der Waals surface area contributed by atoms with Crippen molar-refractivity contribution in [1.82, 2.24) is 37.7 Å². The van der Waals surface area contributed by atoms with Crippen LogP contribution in [-0.4, -0.2) is 105 Å². The van der Waals surface area contributed by atoms with Crippen LogP contribution in [0, 0.1) is 6.57 Å². The van der Waals surface area contributed by atoms with Crippen LogP contribution in [0.15, 0.2) is 192 Å². The van der Waals surface area contributed by atoms with E-state index in [1.165, 1.54) is 26.5 Å². The lowest BCUT2D eigenvalue weighted by atomic mass is 10.1. The Hall–Kier alpha value is -9.62. The quantitative estimate of drug-likeness (QED) is 0.0657. The van der Waals surface area contributed by atoms with Gasteiger partial charge in [-0.3, -0.25) is 9.59 Å². The molecule has 406 valence electrons. The van der Waals surface area contributed by atoms with Gasteiger partial charge in [0.05, 0.1) is 50.0 Å². The molecule has 4 aromatic heterocycles. The monoisotopic (exact) mass is 1140 g/mol. The van der Waals surface area contributed by atoms with Crippen molar-refractivity contribution in [1.29, 1.82) is 0 Å². The molecule has 0 unspecified atom stereocenters. The minimum Gasteiger partial charge on any atom is -0.399 e. The Morgan fingerprint density at radius 3 is 1.42 bits per heavy atom. The summed E-state index contributed by atoms with van der Waals surface area (Å²) in [7, 11) is -7.77. The predicted octanol–water partition coefficient (Wildman–Crippen LogP) is 9.69. The van der Waals surface area contributed by atoms with Crippen molar-refractivity contribution >= 4 is 94.2 Å². The molecule has 0 spiro atoms. The molecule has 6 heterocycles. The first kappa shape index (κ1) is 53.4. The number of nitrogen functional groups attached to an aromatic ring is 2. The summed E-state index contributed by atoms with van der Waals surface area (Å²) in [5.41, 5.74) is 16.8. The molecule has 2 aliphatic rings. The van der Waals surface area contributed by atoms with Crippen molar-refractivity contribution in [3.63, 3.8) is 0 Å². The molecule has 22 heteroatoms. The van der Waals surface area contributed by atoms with E-state index in [4.69, 9.17) is 29.6 Å². The molecule has 0 aliphatic carbocycles. The molecular weight excluding hydrogens is 1090 g/mol. The van der Waals surface area contributed by atoms with Gasteiger partial charge in [0.25, 0.3) is 31.9 Å². The number of para-hydroxylation sites is 2. The Labute approximate surface area is 471 Å². The highest BCUT2D eigenvalue weighted by molar-refractivity contribution is 7.90. The zero-order chi connectivity index (χ0) is 56.4. The maximum absolute atomic E-state index is 13.6. The van der Waals surface area contributed by atoms with Gasteiger partial charge < -0.3 is 31.9 Å². The number of carbonyl (C=O) groups excluding carboxylic acids is 2. The van der Waals surface area contributed by atoms with Gasteiger partial charge in [-0.2, -0.15) is 0 Å². The fraction of sp³-hybridized carbons (Fsp3) is 0.136. The average molecular weight is 1140 g/mol. The Morgan fingerprint density at radius 1 is 0.556 bits per heavy atom. The van der Waals surface area contributed by atoms with E-state index in [0.717, 1.165) is 6.42 Å². The molecule has 0 radical (unpaired) electrons. The van der Waals surface area contributed by atoms with Crippen LogP contribution < -0.4 is 22.1 Å². The molecule has 2 atom stereocenters. The Balaban J connectivity index is 0.000000170. The topological polar surface area (TPSA) is 251 Å². The van der Waals surface area contributed by atoms with Crippen LogP contribution in [0.25, 0.3) is 49.2 Å². The molecule has 6 N–H and O–H groups in total. The number of fused-ring (bicyclic) bond motifs is 2. The summed E-state index contributed by atoms with van der Waals surface area (Å²) in [4.78, 5) is 51.4. The molecule has 10 aromatic rings. The number of benzene rings is 6. The fourth-order valence-corrected chi connectivity index (χ4v) is 12.9. The molecule has 2 aliphatic heterocycles.